The lowest BCUT2D eigenvalue weighted by Crippen LogP contribution is -2.13. The number of methoxy groups -OCH3 is 1. The molecular formula is C17H15N5O4. The average Bonchev–Trinajstić information content (AvgIpc) is 3.09. The van der Waals surface area contributed by atoms with Crippen LogP contribution in [0.2, 0.25) is 0 Å². The van der Waals surface area contributed by atoms with Crippen molar-refractivity contribution < 1.29 is 14.5 Å². The summed E-state index contributed by atoms with van der Waals surface area (Å²) in [5, 5.41) is 20.1. The molecule has 0 saturated carbocycles. The molecule has 0 bridgehead atoms. The van der Waals surface area contributed by atoms with E-state index in [0.29, 0.717) is 11.4 Å². The van der Waals surface area contributed by atoms with Gasteiger partial charge in [0.15, 0.2) is 5.82 Å². The number of aryl methyl sites for hydroxylation is 1. The first-order valence-electron chi connectivity index (χ1n) is 7.61. The summed E-state index contributed by atoms with van der Waals surface area (Å²) >= 11 is 0. The van der Waals surface area contributed by atoms with Crippen LogP contribution >= 0.6 is 0 Å². The number of nitro groups is 1. The number of ether oxygens (including phenoxy) is 1. The Morgan fingerprint density at radius 3 is 2.58 bits per heavy atom. The van der Waals surface area contributed by atoms with Crippen molar-refractivity contribution in [3.05, 3.63) is 63.7 Å². The van der Waals surface area contributed by atoms with Crippen LogP contribution in [0.5, 0.6) is 5.75 Å². The van der Waals surface area contributed by atoms with E-state index in [1.165, 1.54) is 18.2 Å². The molecule has 26 heavy (non-hydrogen) atoms. The minimum absolute atomic E-state index is 0.0405. The Balaban J connectivity index is 1.75. The third-order valence-corrected chi connectivity index (χ3v) is 3.73. The van der Waals surface area contributed by atoms with Gasteiger partial charge in [0.1, 0.15) is 5.75 Å². The topological polar surface area (TPSA) is 123 Å². The summed E-state index contributed by atoms with van der Waals surface area (Å²) in [7, 11) is 1.58. The molecule has 0 aliphatic carbocycles. The SMILES string of the molecule is COc1ccc(-c2nc(NC(=O)c3ccc([N+](=O)[O-])c(C)c3)n[nH]2)cc1. The Bertz CT molecular complexity index is 966. The third-order valence-electron chi connectivity index (χ3n) is 3.73. The summed E-state index contributed by atoms with van der Waals surface area (Å²) in [5.74, 6) is 0.860. The van der Waals surface area contributed by atoms with Gasteiger partial charge in [-0.25, -0.2) is 0 Å². The highest BCUT2D eigenvalue weighted by Crippen LogP contribution is 2.21. The standard InChI is InChI=1S/C17H15N5O4/c1-10-9-12(5-8-14(10)22(24)25)16(23)19-17-18-15(20-21-17)11-3-6-13(26-2)7-4-11/h3-9H,1-2H3,(H2,18,19,20,21,23). The Hall–Kier alpha value is -3.75. The summed E-state index contributed by atoms with van der Waals surface area (Å²) in [6.07, 6.45) is 0. The second kappa shape index (κ2) is 7.01. The van der Waals surface area contributed by atoms with E-state index in [9.17, 15) is 14.9 Å². The third kappa shape index (κ3) is 3.51. The second-order valence-electron chi connectivity index (χ2n) is 5.45. The summed E-state index contributed by atoms with van der Waals surface area (Å²) in [6.45, 7) is 1.57. The second-order valence-corrected chi connectivity index (χ2v) is 5.45. The van der Waals surface area contributed by atoms with Crippen molar-refractivity contribution in [2.24, 2.45) is 0 Å². The van der Waals surface area contributed by atoms with Gasteiger partial charge in [0.25, 0.3) is 11.6 Å². The van der Waals surface area contributed by atoms with Gasteiger partial charge in [0.2, 0.25) is 5.95 Å². The number of hydrogen-bond acceptors (Lipinski definition) is 6. The Morgan fingerprint density at radius 2 is 1.96 bits per heavy atom. The van der Waals surface area contributed by atoms with Crippen molar-refractivity contribution in [1.82, 2.24) is 15.2 Å². The van der Waals surface area contributed by atoms with Crippen LogP contribution in [0.1, 0.15) is 15.9 Å². The Labute approximate surface area is 148 Å². The number of aromatic amines is 1. The number of rotatable bonds is 5. The van der Waals surface area contributed by atoms with Gasteiger partial charge in [0, 0.05) is 22.8 Å². The fraction of sp³-hybridized carbons (Fsp3) is 0.118. The molecule has 132 valence electrons. The Kier molecular flexibility index (Phi) is 4.61. The van der Waals surface area contributed by atoms with Crippen LogP contribution in [0.15, 0.2) is 42.5 Å². The van der Waals surface area contributed by atoms with Crippen LogP contribution in [0, 0.1) is 17.0 Å². The number of carbonyl (C=O) groups excluding carboxylic acids is 1. The summed E-state index contributed by atoms with van der Waals surface area (Å²) in [6, 6.07) is 11.3. The molecule has 3 aromatic rings. The van der Waals surface area contributed by atoms with Gasteiger partial charge in [-0.3, -0.25) is 25.3 Å². The lowest BCUT2D eigenvalue weighted by Gasteiger charge is -2.03. The fourth-order valence-electron chi connectivity index (χ4n) is 2.37. The molecule has 9 nitrogen and oxygen atoms in total. The number of benzene rings is 2. The zero-order chi connectivity index (χ0) is 18.7. The molecule has 1 amide bonds. The van der Waals surface area contributed by atoms with Gasteiger partial charge in [-0.15, -0.1) is 5.10 Å². The molecule has 0 atom stereocenters. The molecular weight excluding hydrogens is 338 g/mol. The lowest BCUT2D eigenvalue weighted by molar-refractivity contribution is -0.385. The van der Waals surface area contributed by atoms with E-state index in [1.807, 2.05) is 12.1 Å². The molecule has 2 N–H and O–H groups in total. The van der Waals surface area contributed by atoms with Crippen molar-refractivity contribution in [2.45, 2.75) is 6.92 Å². The van der Waals surface area contributed by atoms with Crippen LogP contribution in [0.4, 0.5) is 11.6 Å². The van der Waals surface area contributed by atoms with E-state index in [0.717, 1.165) is 11.3 Å². The highest BCUT2D eigenvalue weighted by Gasteiger charge is 2.15. The molecule has 1 aromatic heterocycles. The van der Waals surface area contributed by atoms with Crippen molar-refractivity contribution >= 4 is 17.5 Å². The van der Waals surface area contributed by atoms with Crippen molar-refractivity contribution in [1.29, 1.82) is 0 Å². The monoisotopic (exact) mass is 353 g/mol. The van der Waals surface area contributed by atoms with Crippen LogP contribution in [-0.2, 0) is 0 Å². The number of carbonyl (C=O) groups is 1. The summed E-state index contributed by atoms with van der Waals surface area (Å²) in [4.78, 5) is 26.9. The fourth-order valence-corrected chi connectivity index (χ4v) is 2.37. The van der Waals surface area contributed by atoms with Gasteiger partial charge >= 0.3 is 0 Å². The predicted molar refractivity (Wildman–Crippen MR) is 94.2 cm³/mol. The number of nitrogens with one attached hydrogen (secondary N) is 2. The zero-order valence-corrected chi connectivity index (χ0v) is 14.0. The van der Waals surface area contributed by atoms with Crippen LogP contribution in [0.25, 0.3) is 11.4 Å². The maximum atomic E-state index is 12.3. The van der Waals surface area contributed by atoms with E-state index < -0.39 is 10.8 Å². The van der Waals surface area contributed by atoms with E-state index in [-0.39, 0.29) is 17.2 Å². The first kappa shape index (κ1) is 17.1. The van der Waals surface area contributed by atoms with Gasteiger partial charge in [-0.2, -0.15) is 4.98 Å². The van der Waals surface area contributed by atoms with Crippen molar-refractivity contribution in [2.75, 3.05) is 12.4 Å². The molecule has 9 heteroatoms. The molecule has 1 heterocycles. The number of nitro benzene ring substituents is 1. The highest BCUT2D eigenvalue weighted by molar-refractivity contribution is 6.03. The molecule has 0 radical (unpaired) electrons. The van der Waals surface area contributed by atoms with Crippen molar-refractivity contribution in [3.63, 3.8) is 0 Å². The van der Waals surface area contributed by atoms with Gasteiger partial charge in [-0.05, 0) is 43.3 Å². The van der Waals surface area contributed by atoms with E-state index in [2.05, 4.69) is 20.5 Å². The quantitative estimate of drug-likeness (QED) is 0.537. The average molecular weight is 353 g/mol. The molecule has 0 spiro atoms. The molecule has 0 unspecified atom stereocenters. The molecule has 3 rings (SSSR count). The molecule has 0 aliphatic heterocycles. The number of H-pyrrole nitrogens is 1. The van der Waals surface area contributed by atoms with E-state index in [4.69, 9.17) is 4.74 Å². The number of nitrogens with zero attached hydrogens (tertiary/aromatic N) is 3. The first-order chi connectivity index (χ1) is 12.5. The minimum atomic E-state index is -0.493. The molecule has 2 aromatic carbocycles. The van der Waals surface area contributed by atoms with Crippen LogP contribution < -0.4 is 10.1 Å². The summed E-state index contributed by atoms with van der Waals surface area (Å²) in [5.41, 5.74) is 1.42. The molecule has 0 saturated heterocycles. The van der Waals surface area contributed by atoms with Crippen LogP contribution in [-0.4, -0.2) is 33.1 Å². The van der Waals surface area contributed by atoms with Gasteiger partial charge in [0.05, 0.1) is 12.0 Å². The van der Waals surface area contributed by atoms with Crippen molar-refractivity contribution in [3.8, 4) is 17.1 Å². The van der Waals surface area contributed by atoms with Gasteiger partial charge < -0.3 is 4.74 Å². The smallest absolute Gasteiger partial charge is 0.272 e. The van der Waals surface area contributed by atoms with E-state index >= 15 is 0 Å². The Morgan fingerprint density at radius 1 is 1.23 bits per heavy atom. The maximum absolute atomic E-state index is 12.3. The largest absolute Gasteiger partial charge is 0.497 e. The van der Waals surface area contributed by atoms with E-state index in [1.54, 1.807) is 26.2 Å². The maximum Gasteiger partial charge on any atom is 0.272 e. The number of amides is 1. The highest BCUT2D eigenvalue weighted by atomic mass is 16.6. The van der Waals surface area contributed by atoms with Gasteiger partial charge in [-0.1, -0.05) is 0 Å². The summed E-state index contributed by atoms with van der Waals surface area (Å²) < 4.78 is 5.10. The lowest BCUT2D eigenvalue weighted by atomic mass is 10.1. The number of anilines is 1. The minimum Gasteiger partial charge on any atom is -0.497 e. The normalized spacial score (nSPS) is 10.4. The predicted octanol–water partition coefficient (Wildman–Crippen LogP) is 2.95. The zero-order valence-electron chi connectivity index (χ0n) is 14.0. The van der Waals surface area contributed by atoms with Crippen LogP contribution in [0.3, 0.4) is 0 Å². The number of hydrogen-bond donors (Lipinski definition) is 2. The molecule has 0 aliphatic rings. The number of aromatic nitrogens is 3. The molecule has 0 fully saturated rings. The first-order valence-corrected chi connectivity index (χ1v) is 7.61.